The number of pyridine rings is 1. The van der Waals surface area contributed by atoms with Gasteiger partial charge in [0.05, 0.1) is 40.0 Å². The minimum Gasteiger partial charge on any atom is -0.460 e. The maximum atomic E-state index is 13.0. The Morgan fingerprint density at radius 2 is 1.76 bits per heavy atom. The summed E-state index contributed by atoms with van der Waals surface area (Å²) in [5.41, 5.74) is 3.27. The molecule has 33 heavy (non-hydrogen) atoms. The van der Waals surface area contributed by atoms with E-state index in [1.54, 1.807) is 48.6 Å². The minimum atomic E-state index is -0.601. The van der Waals surface area contributed by atoms with E-state index in [0.717, 1.165) is 20.2 Å². The van der Waals surface area contributed by atoms with Gasteiger partial charge in [0.2, 0.25) is 0 Å². The molecule has 0 atom stereocenters. The molecule has 0 radical (unpaired) electrons. The number of benzene rings is 1. The molecule has 5 rings (SSSR count). The molecule has 4 aromatic rings. The van der Waals surface area contributed by atoms with Crippen molar-refractivity contribution in [2.24, 2.45) is 0 Å². The first-order valence-corrected chi connectivity index (χ1v) is 11.1. The SMILES string of the molecule is Cc1cc(-c2cc(C(=O)OCCN3C(=O)c4ccccc4C3=O)c3c(C)noc3n2)c(C)s1. The summed E-state index contributed by atoms with van der Waals surface area (Å²) in [5, 5.41) is 4.43. The van der Waals surface area contributed by atoms with E-state index in [2.05, 4.69) is 10.1 Å². The molecule has 0 saturated heterocycles. The smallest absolute Gasteiger partial charge is 0.339 e. The predicted octanol–water partition coefficient (Wildman–Crippen LogP) is 4.33. The molecule has 0 saturated carbocycles. The third kappa shape index (κ3) is 3.50. The number of nitrogens with zero attached hydrogens (tertiary/aromatic N) is 3. The molecule has 8 nitrogen and oxygen atoms in total. The van der Waals surface area contributed by atoms with E-state index in [1.807, 2.05) is 19.9 Å². The van der Waals surface area contributed by atoms with Gasteiger partial charge < -0.3 is 9.26 Å². The first kappa shape index (κ1) is 21.0. The lowest BCUT2D eigenvalue weighted by Crippen LogP contribution is -2.33. The van der Waals surface area contributed by atoms with Crippen LogP contribution in [0.5, 0.6) is 0 Å². The van der Waals surface area contributed by atoms with Gasteiger partial charge in [-0.3, -0.25) is 14.5 Å². The van der Waals surface area contributed by atoms with Gasteiger partial charge in [0.25, 0.3) is 17.5 Å². The van der Waals surface area contributed by atoms with Crippen LogP contribution in [0.4, 0.5) is 0 Å². The molecule has 1 aliphatic heterocycles. The number of fused-ring (bicyclic) bond motifs is 2. The Hall–Kier alpha value is -3.85. The van der Waals surface area contributed by atoms with Crippen LogP contribution in [-0.2, 0) is 4.74 Å². The molecule has 2 amide bonds. The van der Waals surface area contributed by atoms with E-state index >= 15 is 0 Å². The number of hydrogen-bond donors (Lipinski definition) is 0. The topological polar surface area (TPSA) is 103 Å². The van der Waals surface area contributed by atoms with Gasteiger partial charge in [-0.1, -0.05) is 17.3 Å². The summed E-state index contributed by atoms with van der Waals surface area (Å²) in [6.45, 7) is 5.55. The van der Waals surface area contributed by atoms with Crippen molar-refractivity contribution < 1.29 is 23.6 Å². The number of esters is 1. The zero-order valence-corrected chi connectivity index (χ0v) is 19.0. The number of aromatic nitrogens is 2. The van der Waals surface area contributed by atoms with Crippen molar-refractivity contribution in [3.63, 3.8) is 0 Å². The maximum Gasteiger partial charge on any atom is 0.339 e. The van der Waals surface area contributed by atoms with Crippen LogP contribution >= 0.6 is 11.3 Å². The van der Waals surface area contributed by atoms with Gasteiger partial charge in [0.15, 0.2) is 0 Å². The normalized spacial score (nSPS) is 13.1. The van der Waals surface area contributed by atoms with Crippen LogP contribution in [0, 0.1) is 20.8 Å². The molecule has 0 aliphatic carbocycles. The van der Waals surface area contributed by atoms with Crippen molar-refractivity contribution in [1.29, 1.82) is 0 Å². The highest BCUT2D eigenvalue weighted by molar-refractivity contribution is 7.12. The number of imide groups is 1. The summed E-state index contributed by atoms with van der Waals surface area (Å²) >= 11 is 1.64. The molecule has 9 heteroatoms. The van der Waals surface area contributed by atoms with Gasteiger partial charge >= 0.3 is 5.97 Å². The average Bonchev–Trinajstić information content (AvgIpc) is 3.42. The molecule has 0 spiro atoms. The summed E-state index contributed by atoms with van der Waals surface area (Å²) in [6.07, 6.45) is 0. The van der Waals surface area contributed by atoms with Crippen molar-refractivity contribution in [3.8, 4) is 11.3 Å². The molecule has 0 unspecified atom stereocenters. The van der Waals surface area contributed by atoms with Crippen molar-refractivity contribution in [2.75, 3.05) is 13.2 Å². The fourth-order valence-corrected chi connectivity index (χ4v) is 4.96. The number of thiophene rings is 1. The molecule has 0 fully saturated rings. The van der Waals surface area contributed by atoms with Crippen LogP contribution in [0.2, 0.25) is 0 Å². The van der Waals surface area contributed by atoms with Crippen LogP contribution in [-0.4, -0.2) is 46.0 Å². The second-order valence-corrected chi connectivity index (χ2v) is 9.23. The highest BCUT2D eigenvalue weighted by atomic mass is 32.1. The molecule has 0 N–H and O–H groups in total. The molecule has 166 valence electrons. The minimum absolute atomic E-state index is 0.0371. The van der Waals surface area contributed by atoms with Crippen LogP contribution < -0.4 is 0 Å². The van der Waals surface area contributed by atoms with Crippen molar-refractivity contribution >= 4 is 40.2 Å². The van der Waals surface area contributed by atoms with Crippen LogP contribution in [0.1, 0.15) is 46.5 Å². The number of aryl methyl sites for hydroxylation is 3. The number of ether oxygens (including phenoxy) is 1. The second kappa shape index (κ2) is 7.93. The summed E-state index contributed by atoms with van der Waals surface area (Å²) in [7, 11) is 0. The predicted molar refractivity (Wildman–Crippen MR) is 121 cm³/mol. The number of carbonyl (C=O) groups excluding carboxylic acids is 3. The Bertz CT molecular complexity index is 1420. The highest BCUT2D eigenvalue weighted by Crippen LogP contribution is 2.33. The summed E-state index contributed by atoms with van der Waals surface area (Å²) < 4.78 is 10.8. The lowest BCUT2D eigenvalue weighted by molar-refractivity contribution is 0.0422. The average molecular weight is 461 g/mol. The van der Waals surface area contributed by atoms with Gasteiger partial charge in [0.1, 0.15) is 6.61 Å². The molecule has 0 bridgehead atoms. The van der Waals surface area contributed by atoms with E-state index < -0.39 is 17.8 Å². The van der Waals surface area contributed by atoms with E-state index in [-0.39, 0.29) is 24.4 Å². The Morgan fingerprint density at radius 3 is 2.39 bits per heavy atom. The Kier molecular flexibility index (Phi) is 5.05. The zero-order chi connectivity index (χ0) is 23.3. The molecular formula is C24H19N3O5S. The summed E-state index contributed by atoms with van der Waals surface area (Å²) in [5.74, 6) is -1.38. The van der Waals surface area contributed by atoms with Gasteiger partial charge in [-0.25, -0.2) is 9.78 Å². The number of carbonyl (C=O) groups is 3. The third-order valence-corrected chi connectivity index (χ3v) is 6.55. The molecule has 1 aliphatic rings. The maximum absolute atomic E-state index is 13.0. The fourth-order valence-electron chi connectivity index (χ4n) is 4.03. The molecule has 4 heterocycles. The largest absolute Gasteiger partial charge is 0.460 e. The Labute approximate surface area is 192 Å². The van der Waals surface area contributed by atoms with Gasteiger partial charge in [0, 0.05) is 15.3 Å². The van der Waals surface area contributed by atoms with Gasteiger partial charge in [-0.15, -0.1) is 11.3 Å². The van der Waals surface area contributed by atoms with Gasteiger partial charge in [-0.2, -0.15) is 0 Å². The first-order valence-electron chi connectivity index (χ1n) is 10.3. The van der Waals surface area contributed by atoms with E-state index in [4.69, 9.17) is 9.26 Å². The summed E-state index contributed by atoms with van der Waals surface area (Å²) in [6, 6.07) is 10.3. The second-order valence-electron chi connectivity index (χ2n) is 7.77. The number of amides is 2. The van der Waals surface area contributed by atoms with Crippen molar-refractivity contribution in [2.45, 2.75) is 20.8 Å². The fraction of sp³-hybridized carbons (Fsp3) is 0.208. The summed E-state index contributed by atoms with van der Waals surface area (Å²) in [4.78, 5) is 45.9. The molecule has 1 aromatic carbocycles. The standard InChI is InChI=1S/C24H19N3O5S/c1-12-10-17(14(3)33-12)19-11-18(20-13(2)26-32-21(20)25-19)24(30)31-9-8-27-22(28)15-6-4-5-7-16(15)23(27)29/h4-7,10-11H,8-9H2,1-3H3. The molecular weight excluding hydrogens is 442 g/mol. The van der Waals surface area contributed by atoms with Crippen LogP contribution in [0.3, 0.4) is 0 Å². The zero-order valence-electron chi connectivity index (χ0n) is 18.2. The quantitative estimate of drug-likeness (QED) is 0.322. The third-order valence-electron chi connectivity index (χ3n) is 5.58. The van der Waals surface area contributed by atoms with E-state index in [9.17, 15) is 14.4 Å². The highest BCUT2D eigenvalue weighted by Gasteiger charge is 2.35. The number of hydrogen-bond acceptors (Lipinski definition) is 8. The lowest BCUT2D eigenvalue weighted by Gasteiger charge is -2.14. The monoisotopic (exact) mass is 461 g/mol. The van der Waals surface area contributed by atoms with E-state index in [0.29, 0.717) is 27.9 Å². The van der Waals surface area contributed by atoms with Crippen molar-refractivity contribution in [1.82, 2.24) is 15.0 Å². The van der Waals surface area contributed by atoms with E-state index in [1.165, 1.54) is 0 Å². The van der Waals surface area contributed by atoms with Gasteiger partial charge in [-0.05, 0) is 45.0 Å². The first-order chi connectivity index (χ1) is 15.8. The van der Waals surface area contributed by atoms with Crippen LogP contribution in [0.15, 0.2) is 40.9 Å². The lowest BCUT2D eigenvalue weighted by atomic mass is 10.1. The van der Waals surface area contributed by atoms with Crippen LogP contribution in [0.25, 0.3) is 22.4 Å². The number of rotatable bonds is 5. The Balaban J connectivity index is 1.39. The Morgan fingerprint density at radius 1 is 1.06 bits per heavy atom. The van der Waals surface area contributed by atoms with Crippen molar-refractivity contribution in [3.05, 3.63) is 68.5 Å². The molecule has 3 aromatic heterocycles.